The van der Waals surface area contributed by atoms with Crippen molar-refractivity contribution in [1.29, 1.82) is 5.26 Å². The molecule has 7 heteroatoms. The van der Waals surface area contributed by atoms with E-state index in [1.807, 2.05) is 5.32 Å². The predicted molar refractivity (Wildman–Crippen MR) is 60.7 cm³/mol. The van der Waals surface area contributed by atoms with Crippen LogP contribution in [0.3, 0.4) is 0 Å². The monoisotopic (exact) mass is 284 g/mol. The predicted octanol–water partition coefficient (Wildman–Crippen LogP) is 4.00. The number of nitrogens with zero attached hydrogens (tertiary/aromatic N) is 1. The van der Waals surface area contributed by atoms with Crippen molar-refractivity contribution in [2.24, 2.45) is 0 Å². The quantitative estimate of drug-likeness (QED) is 0.668. The fraction of sp³-hybridized carbons (Fsp3) is 0. The summed E-state index contributed by atoms with van der Waals surface area (Å²) in [5.74, 6) is -7.36. The van der Waals surface area contributed by atoms with E-state index in [2.05, 4.69) is 0 Å². The van der Waals surface area contributed by atoms with Crippen LogP contribution in [0.2, 0.25) is 0 Å². The summed E-state index contributed by atoms with van der Waals surface area (Å²) in [5, 5.41) is 10.6. The van der Waals surface area contributed by atoms with Gasteiger partial charge in [-0.3, -0.25) is 0 Å². The van der Waals surface area contributed by atoms with Crippen molar-refractivity contribution in [1.82, 2.24) is 0 Å². The maximum atomic E-state index is 13.4. The number of hydrogen-bond donors (Lipinski definition) is 1. The molecule has 0 saturated carbocycles. The largest absolute Gasteiger partial charge is 0.350 e. The molecule has 2 rings (SSSR count). The third-order valence-corrected chi connectivity index (χ3v) is 2.47. The van der Waals surface area contributed by atoms with Crippen LogP contribution in [0.1, 0.15) is 5.56 Å². The highest BCUT2D eigenvalue weighted by Gasteiger charge is 2.19. The molecule has 20 heavy (non-hydrogen) atoms. The lowest BCUT2D eigenvalue weighted by Gasteiger charge is -2.10. The molecule has 0 fully saturated rings. The Morgan fingerprint density at radius 3 is 1.95 bits per heavy atom. The minimum atomic E-state index is -1.63. The number of anilines is 2. The second-order valence-electron chi connectivity index (χ2n) is 3.77. The Morgan fingerprint density at radius 2 is 1.45 bits per heavy atom. The molecule has 0 aliphatic carbocycles. The number of benzene rings is 2. The van der Waals surface area contributed by atoms with Crippen molar-refractivity contribution >= 4 is 11.4 Å². The third-order valence-electron chi connectivity index (χ3n) is 2.47. The van der Waals surface area contributed by atoms with Crippen molar-refractivity contribution < 1.29 is 22.0 Å². The first-order valence-electron chi connectivity index (χ1n) is 5.23. The highest BCUT2D eigenvalue weighted by Crippen LogP contribution is 2.28. The van der Waals surface area contributed by atoms with Gasteiger partial charge in [-0.05, 0) is 18.2 Å². The van der Waals surface area contributed by atoms with Crippen LogP contribution >= 0.6 is 0 Å². The van der Waals surface area contributed by atoms with Gasteiger partial charge in [0.25, 0.3) is 0 Å². The van der Waals surface area contributed by atoms with Gasteiger partial charge in [-0.1, -0.05) is 0 Å². The van der Waals surface area contributed by atoms with E-state index in [0.29, 0.717) is 0 Å². The van der Waals surface area contributed by atoms with E-state index < -0.39 is 34.8 Å². The van der Waals surface area contributed by atoms with Gasteiger partial charge in [-0.25, -0.2) is 22.0 Å². The molecule has 0 atom stereocenters. The van der Waals surface area contributed by atoms with Crippen LogP contribution in [0.5, 0.6) is 0 Å². The second kappa shape index (κ2) is 5.17. The lowest BCUT2D eigenvalue weighted by molar-refractivity contribution is 0.459. The Kier molecular flexibility index (Phi) is 3.57. The topological polar surface area (TPSA) is 35.8 Å². The Labute approximate surface area is 110 Å². The molecule has 0 saturated heterocycles. The van der Waals surface area contributed by atoms with Gasteiger partial charge in [-0.15, -0.1) is 0 Å². The van der Waals surface area contributed by atoms with E-state index in [4.69, 9.17) is 5.26 Å². The normalized spacial score (nSPS) is 10.2. The maximum Gasteiger partial charge on any atom is 0.185 e. The molecule has 0 unspecified atom stereocenters. The van der Waals surface area contributed by atoms with Crippen LogP contribution in [0.25, 0.3) is 0 Å². The minimum absolute atomic E-state index is 0.0647. The van der Waals surface area contributed by atoms with Crippen molar-refractivity contribution in [3.05, 3.63) is 58.9 Å². The Bertz CT molecular complexity index is 695. The first kappa shape index (κ1) is 13.8. The molecular weight excluding hydrogens is 279 g/mol. The fourth-order valence-corrected chi connectivity index (χ4v) is 1.51. The molecule has 2 nitrogen and oxygen atoms in total. The summed E-state index contributed by atoms with van der Waals surface area (Å²) >= 11 is 0. The lowest BCUT2D eigenvalue weighted by atomic mass is 10.2. The van der Waals surface area contributed by atoms with Gasteiger partial charge in [0.15, 0.2) is 23.3 Å². The van der Waals surface area contributed by atoms with Gasteiger partial charge in [0, 0.05) is 11.8 Å². The zero-order valence-corrected chi connectivity index (χ0v) is 9.65. The Balaban J connectivity index is 2.45. The van der Waals surface area contributed by atoms with Crippen LogP contribution in [0.4, 0.5) is 33.3 Å². The molecule has 2 aromatic carbocycles. The molecule has 0 radical (unpaired) electrons. The minimum Gasteiger partial charge on any atom is -0.350 e. The fourth-order valence-electron chi connectivity index (χ4n) is 1.51. The first-order chi connectivity index (χ1) is 9.43. The van der Waals surface area contributed by atoms with E-state index in [0.717, 1.165) is 18.2 Å². The second-order valence-corrected chi connectivity index (χ2v) is 3.77. The molecule has 2 aromatic rings. The number of hydrogen-bond acceptors (Lipinski definition) is 2. The van der Waals surface area contributed by atoms with Gasteiger partial charge >= 0.3 is 0 Å². The van der Waals surface area contributed by atoms with E-state index in [-0.39, 0.29) is 17.3 Å². The highest BCUT2D eigenvalue weighted by atomic mass is 19.2. The molecule has 0 amide bonds. The summed E-state index contributed by atoms with van der Waals surface area (Å²) in [5.41, 5.74) is -1.52. The van der Waals surface area contributed by atoms with Crippen molar-refractivity contribution in [3.63, 3.8) is 0 Å². The third kappa shape index (κ3) is 2.40. The number of nitrogens with one attached hydrogen (secondary N) is 1. The number of nitriles is 1. The molecular formula is C13H5F5N2. The zero-order valence-electron chi connectivity index (χ0n) is 9.65. The Morgan fingerprint density at radius 1 is 0.850 bits per heavy atom. The number of rotatable bonds is 2. The van der Waals surface area contributed by atoms with Crippen molar-refractivity contribution in [3.8, 4) is 6.07 Å². The van der Waals surface area contributed by atoms with Gasteiger partial charge in [-0.2, -0.15) is 5.26 Å². The van der Waals surface area contributed by atoms with Crippen LogP contribution < -0.4 is 5.32 Å². The number of halogens is 5. The van der Waals surface area contributed by atoms with Crippen LogP contribution in [-0.4, -0.2) is 0 Å². The standard InChI is InChI=1S/C13H5F5N2/c14-8-3-7(2-1-6(8)5-19)20-13-11(17)9(15)4-10(16)12(13)18/h1-4,20H. The van der Waals surface area contributed by atoms with Crippen molar-refractivity contribution in [2.45, 2.75) is 0 Å². The molecule has 0 bridgehead atoms. The summed E-state index contributed by atoms with van der Waals surface area (Å²) in [6, 6.07) is 4.60. The summed E-state index contributed by atoms with van der Waals surface area (Å²) < 4.78 is 66.0. The average Bonchev–Trinajstić information content (AvgIpc) is 2.41. The van der Waals surface area contributed by atoms with Gasteiger partial charge in [0.05, 0.1) is 5.56 Å². The first-order valence-corrected chi connectivity index (χ1v) is 5.23. The van der Waals surface area contributed by atoms with E-state index >= 15 is 0 Å². The zero-order chi connectivity index (χ0) is 14.9. The summed E-state index contributed by atoms with van der Waals surface area (Å²) in [7, 11) is 0. The molecule has 1 N–H and O–H groups in total. The van der Waals surface area contributed by atoms with E-state index in [1.165, 1.54) is 0 Å². The van der Waals surface area contributed by atoms with E-state index in [9.17, 15) is 22.0 Å². The van der Waals surface area contributed by atoms with Gasteiger partial charge in [0.2, 0.25) is 0 Å². The summed E-state index contributed by atoms with van der Waals surface area (Å²) in [4.78, 5) is 0. The molecule has 0 aliphatic heterocycles. The SMILES string of the molecule is N#Cc1ccc(Nc2c(F)c(F)cc(F)c2F)cc1F. The van der Waals surface area contributed by atoms with Crippen LogP contribution in [-0.2, 0) is 0 Å². The molecule has 0 aromatic heterocycles. The smallest absolute Gasteiger partial charge is 0.185 e. The van der Waals surface area contributed by atoms with E-state index in [1.54, 1.807) is 6.07 Å². The summed E-state index contributed by atoms with van der Waals surface area (Å²) in [6.07, 6.45) is 0. The summed E-state index contributed by atoms with van der Waals surface area (Å²) in [6.45, 7) is 0. The molecule has 0 spiro atoms. The molecule has 0 aliphatic rings. The van der Waals surface area contributed by atoms with Gasteiger partial charge in [0.1, 0.15) is 17.6 Å². The Hall–Kier alpha value is -2.62. The van der Waals surface area contributed by atoms with Crippen LogP contribution in [0, 0.1) is 40.4 Å². The lowest BCUT2D eigenvalue weighted by Crippen LogP contribution is -2.03. The molecule has 0 heterocycles. The van der Waals surface area contributed by atoms with Crippen LogP contribution in [0.15, 0.2) is 24.3 Å². The average molecular weight is 284 g/mol. The maximum absolute atomic E-state index is 13.4. The van der Waals surface area contributed by atoms with Crippen molar-refractivity contribution in [2.75, 3.05) is 5.32 Å². The van der Waals surface area contributed by atoms with Gasteiger partial charge < -0.3 is 5.32 Å². The molecule has 102 valence electrons. The highest BCUT2D eigenvalue weighted by molar-refractivity contribution is 5.62.